The van der Waals surface area contributed by atoms with Crippen molar-refractivity contribution in [3.63, 3.8) is 0 Å². The van der Waals surface area contributed by atoms with Gasteiger partial charge in [-0.15, -0.1) is 0 Å². The molecule has 0 aliphatic carbocycles. The molecule has 116 valence electrons. The molecule has 22 heavy (non-hydrogen) atoms. The van der Waals surface area contributed by atoms with Crippen LogP contribution in [-0.2, 0) is 4.74 Å². The molecule has 0 bridgehead atoms. The van der Waals surface area contributed by atoms with Crippen LogP contribution in [0.5, 0.6) is 0 Å². The van der Waals surface area contributed by atoms with E-state index < -0.39 is 0 Å². The molecule has 0 spiro atoms. The number of carbonyl (C=O) groups excluding carboxylic acids is 1. The highest BCUT2D eigenvalue weighted by Crippen LogP contribution is 2.08. The lowest BCUT2D eigenvalue weighted by Crippen LogP contribution is -2.27. The van der Waals surface area contributed by atoms with Crippen LogP contribution >= 0.6 is 0 Å². The van der Waals surface area contributed by atoms with Gasteiger partial charge in [-0.05, 0) is 36.8 Å². The highest BCUT2D eigenvalue weighted by molar-refractivity contribution is 5.93. The van der Waals surface area contributed by atoms with Gasteiger partial charge in [0.05, 0.1) is 5.56 Å². The van der Waals surface area contributed by atoms with Crippen molar-refractivity contribution >= 4 is 5.91 Å². The Hall–Kier alpha value is -2.47. The molecule has 0 radical (unpaired) electrons. The lowest BCUT2D eigenvalue weighted by Gasteiger charge is -2.09. The molecule has 2 rings (SSSR count). The van der Waals surface area contributed by atoms with Crippen LogP contribution < -0.4 is 10.9 Å². The van der Waals surface area contributed by atoms with Gasteiger partial charge in [-0.2, -0.15) is 0 Å². The SMILES string of the molecule is COCCCNC(=O)c1ccc(=O)n(-c2ccc(F)cc2)c1. The third-order valence-corrected chi connectivity index (χ3v) is 3.09. The van der Waals surface area contributed by atoms with E-state index in [1.54, 1.807) is 7.11 Å². The largest absolute Gasteiger partial charge is 0.385 e. The predicted octanol–water partition coefficient (Wildman–Crippen LogP) is 1.74. The summed E-state index contributed by atoms with van der Waals surface area (Å²) in [7, 11) is 1.60. The van der Waals surface area contributed by atoms with Crippen LogP contribution in [0.25, 0.3) is 5.69 Å². The van der Waals surface area contributed by atoms with Crippen molar-refractivity contribution in [1.82, 2.24) is 9.88 Å². The monoisotopic (exact) mass is 304 g/mol. The van der Waals surface area contributed by atoms with Crippen LogP contribution in [-0.4, -0.2) is 30.7 Å². The molecule has 1 amide bonds. The first kappa shape index (κ1) is 15.9. The zero-order chi connectivity index (χ0) is 15.9. The molecule has 0 fully saturated rings. The van der Waals surface area contributed by atoms with Gasteiger partial charge in [0.2, 0.25) is 0 Å². The Bertz CT molecular complexity index is 695. The van der Waals surface area contributed by atoms with E-state index in [1.165, 1.54) is 47.2 Å². The number of amides is 1. The lowest BCUT2D eigenvalue weighted by atomic mass is 10.2. The van der Waals surface area contributed by atoms with E-state index in [1.807, 2.05) is 0 Å². The smallest absolute Gasteiger partial charge is 0.255 e. The maximum absolute atomic E-state index is 13.0. The fourth-order valence-corrected chi connectivity index (χ4v) is 1.95. The maximum Gasteiger partial charge on any atom is 0.255 e. The molecule has 2 aromatic rings. The van der Waals surface area contributed by atoms with Crippen LogP contribution in [0.2, 0.25) is 0 Å². The summed E-state index contributed by atoms with van der Waals surface area (Å²) >= 11 is 0. The van der Waals surface area contributed by atoms with Crippen LogP contribution in [0.15, 0.2) is 47.4 Å². The lowest BCUT2D eigenvalue weighted by molar-refractivity contribution is 0.0948. The van der Waals surface area contributed by atoms with Crippen molar-refractivity contribution in [3.8, 4) is 5.69 Å². The van der Waals surface area contributed by atoms with Crippen LogP contribution in [0, 0.1) is 5.82 Å². The molecule has 6 heteroatoms. The highest BCUT2D eigenvalue weighted by atomic mass is 19.1. The van der Waals surface area contributed by atoms with Crippen molar-refractivity contribution < 1.29 is 13.9 Å². The Morgan fingerprint density at radius 2 is 1.95 bits per heavy atom. The molecule has 1 aromatic carbocycles. The van der Waals surface area contributed by atoms with Gasteiger partial charge in [0.1, 0.15) is 5.82 Å². The molecule has 0 aliphatic rings. The van der Waals surface area contributed by atoms with Gasteiger partial charge in [-0.25, -0.2) is 4.39 Å². The Morgan fingerprint density at radius 1 is 1.23 bits per heavy atom. The standard InChI is InChI=1S/C16H17FN2O3/c1-22-10-2-9-18-16(21)12-3-8-15(20)19(11-12)14-6-4-13(17)5-7-14/h3-8,11H,2,9-10H2,1H3,(H,18,21). The van der Waals surface area contributed by atoms with E-state index in [2.05, 4.69) is 5.32 Å². The topological polar surface area (TPSA) is 60.3 Å². The highest BCUT2D eigenvalue weighted by Gasteiger charge is 2.08. The first-order chi connectivity index (χ1) is 10.6. The number of benzene rings is 1. The number of rotatable bonds is 6. The van der Waals surface area contributed by atoms with E-state index in [4.69, 9.17) is 4.74 Å². The average Bonchev–Trinajstić information content (AvgIpc) is 2.53. The minimum Gasteiger partial charge on any atom is -0.385 e. The van der Waals surface area contributed by atoms with E-state index in [0.29, 0.717) is 30.8 Å². The van der Waals surface area contributed by atoms with Gasteiger partial charge in [0.15, 0.2) is 0 Å². The predicted molar refractivity (Wildman–Crippen MR) is 80.8 cm³/mol. The van der Waals surface area contributed by atoms with Crippen molar-refractivity contribution in [1.29, 1.82) is 0 Å². The number of halogens is 1. The van der Waals surface area contributed by atoms with E-state index >= 15 is 0 Å². The second kappa shape index (κ2) is 7.51. The summed E-state index contributed by atoms with van der Waals surface area (Å²) in [5.41, 5.74) is 0.573. The first-order valence-corrected chi connectivity index (χ1v) is 6.87. The molecule has 1 aromatic heterocycles. The average molecular weight is 304 g/mol. The fourth-order valence-electron chi connectivity index (χ4n) is 1.95. The van der Waals surface area contributed by atoms with E-state index in [0.717, 1.165) is 0 Å². The molecular weight excluding hydrogens is 287 g/mol. The van der Waals surface area contributed by atoms with E-state index in [-0.39, 0.29) is 17.3 Å². The zero-order valence-corrected chi connectivity index (χ0v) is 12.2. The second-order valence-electron chi connectivity index (χ2n) is 4.70. The molecule has 1 N–H and O–H groups in total. The Balaban J connectivity index is 2.18. The summed E-state index contributed by atoms with van der Waals surface area (Å²) in [5, 5.41) is 2.75. The molecule has 5 nitrogen and oxygen atoms in total. The number of carbonyl (C=O) groups is 1. The molecule has 0 atom stereocenters. The zero-order valence-electron chi connectivity index (χ0n) is 12.2. The Morgan fingerprint density at radius 3 is 2.64 bits per heavy atom. The number of pyridine rings is 1. The van der Waals surface area contributed by atoms with Crippen LogP contribution in [0.1, 0.15) is 16.8 Å². The minimum absolute atomic E-state index is 0.271. The summed E-state index contributed by atoms with van der Waals surface area (Å²) in [5.74, 6) is -0.657. The molecule has 0 saturated carbocycles. The summed E-state index contributed by atoms with van der Waals surface area (Å²) in [6, 6.07) is 8.27. The van der Waals surface area contributed by atoms with Gasteiger partial charge in [0, 0.05) is 38.2 Å². The number of nitrogens with one attached hydrogen (secondary N) is 1. The van der Waals surface area contributed by atoms with Gasteiger partial charge in [-0.1, -0.05) is 0 Å². The summed E-state index contributed by atoms with van der Waals surface area (Å²) in [6.45, 7) is 1.05. The molecular formula is C16H17FN2O3. The second-order valence-corrected chi connectivity index (χ2v) is 4.70. The number of ether oxygens (including phenoxy) is 1. The van der Waals surface area contributed by atoms with Gasteiger partial charge in [0.25, 0.3) is 11.5 Å². The molecule has 0 aliphatic heterocycles. The van der Waals surface area contributed by atoms with Gasteiger partial charge in [-0.3, -0.25) is 14.2 Å². The minimum atomic E-state index is -0.385. The third-order valence-electron chi connectivity index (χ3n) is 3.09. The molecule has 0 saturated heterocycles. The van der Waals surface area contributed by atoms with Gasteiger partial charge < -0.3 is 10.1 Å². The Kier molecular flexibility index (Phi) is 5.43. The number of methoxy groups -OCH3 is 1. The summed E-state index contributed by atoms with van der Waals surface area (Å²) in [6.07, 6.45) is 2.15. The summed E-state index contributed by atoms with van der Waals surface area (Å²) in [4.78, 5) is 23.9. The van der Waals surface area contributed by atoms with Crippen molar-refractivity contribution in [3.05, 3.63) is 64.3 Å². The first-order valence-electron chi connectivity index (χ1n) is 6.87. The normalized spacial score (nSPS) is 10.5. The van der Waals surface area contributed by atoms with Crippen LogP contribution in [0.3, 0.4) is 0 Å². The molecule has 1 heterocycles. The van der Waals surface area contributed by atoms with Crippen molar-refractivity contribution in [2.75, 3.05) is 20.3 Å². The number of hydrogen-bond acceptors (Lipinski definition) is 3. The maximum atomic E-state index is 13.0. The number of nitrogens with zero attached hydrogens (tertiary/aromatic N) is 1. The quantitative estimate of drug-likeness (QED) is 0.827. The Labute approximate surface area is 127 Å². The molecule has 0 unspecified atom stereocenters. The summed E-state index contributed by atoms with van der Waals surface area (Å²) < 4.78 is 19.2. The number of hydrogen-bond donors (Lipinski definition) is 1. The van der Waals surface area contributed by atoms with E-state index in [9.17, 15) is 14.0 Å². The number of aromatic nitrogens is 1. The third kappa shape index (κ3) is 4.02. The fraction of sp³-hybridized carbons (Fsp3) is 0.250. The van der Waals surface area contributed by atoms with Crippen molar-refractivity contribution in [2.45, 2.75) is 6.42 Å². The van der Waals surface area contributed by atoms with Gasteiger partial charge >= 0.3 is 0 Å². The van der Waals surface area contributed by atoms with Crippen molar-refractivity contribution in [2.24, 2.45) is 0 Å². The van der Waals surface area contributed by atoms with Crippen LogP contribution in [0.4, 0.5) is 4.39 Å².